The molecular formula is C10H20O4P+. The highest BCUT2D eigenvalue weighted by molar-refractivity contribution is 7.44. The molecule has 0 bridgehead atoms. The standard InChI is InChI=1S/C10H19O4P/c1-8(2)6-14-4-5-15(13)7-9(3)10(11)12/h8-9H,4-7H2,1-3H3/p+1. The summed E-state index contributed by atoms with van der Waals surface area (Å²) in [4.78, 5) is 10.5. The van der Waals surface area contributed by atoms with E-state index in [4.69, 9.17) is 9.84 Å². The van der Waals surface area contributed by atoms with Crippen LogP contribution in [0.5, 0.6) is 0 Å². The molecule has 2 unspecified atom stereocenters. The molecule has 0 aliphatic rings. The third kappa shape index (κ3) is 8.52. The first kappa shape index (κ1) is 14.5. The maximum absolute atomic E-state index is 11.4. The van der Waals surface area contributed by atoms with E-state index in [9.17, 15) is 9.36 Å². The van der Waals surface area contributed by atoms with Crippen LogP contribution in [0.4, 0.5) is 0 Å². The van der Waals surface area contributed by atoms with Crippen molar-refractivity contribution in [2.45, 2.75) is 20.8 Å². The molecule has 0 radical (unpaired) electrons. The molecule has 0 saturated heterocycles. The van der Waals surface area contributed by atoms with Crippen LogP contribution in [0.1, 0.15) is 20.8 Å². The van der Waals surface area contributed by atoms with Gasteiger partial charge in [0.1, 0.15) is 0 Å². The Labute approximate surface area is 91.8 Å². The van der Waals surface area contributed by atoms with Crippen LogP contribution in [0.25, 0.3) is 0 Å². The summed E-state index contributed by atoms with van der Waals surface area (Å²) in [5.74, 6) is -0.944. The minimum atomic E-state index is -1.44. The molecule has 0 aromatic carbocycles. The molecule has 4 nitrogen and oxygen atoms in total. The van der Waals surface area contributed by atoms with Crippen LogP contribution < -0.4 is 0 Å². The first-order valence-electron chi connectivity index (χ1n) is 5.16. The van der Waals surface area contributed by atoms with Gasteiger partial charge in [-0.25, -0.2) is 0 Å². The van der Waals surface area contributed by atoms with Gasteiger partial charge in [0.05, 0.1) is 12.5 Å². The Hall–Kier alpha value is -0.470. The number of aliphatic carboxylic acids is 1. The van der Waals surface area contributed by atoms with Crippen molar-refractivity contribution in [2.24, 2.45) is 11.8 Å². The van der Waals surface area contributed by atoms with Crippen LogP contribution in [0.2, 0.25) is 0 Å². The number of carbonyl (C=O) groups is 1. The van der Waals surface area contributed by atoms with Gasteiger partial charge < -0.3 is 9.84 Å². The topological polar surface area (TPSA) is 63.6 Å². The van der Waals surface area contributed by atoms with Gasteiger partial charge in [0, 0.05) is 6.61 Å². The lowest BCUT2D eigenvalue weighted by molar-refractivity contribution is -0.140. The maximum atomic E-state index is 11.4. The predicted octanol–water partition coefficient (Wildman–Crippen LogP) is 2.21. The third-order valence-corrected chi connectivity index (χ3v) is 3.47. The zero-order valence-electron chi connectivity index (χ0n) is 9.60. The van der Waals surface area contributed by atoms with Crippen LogP contribution in [0, 0.1) is 11.8 Å². The average molecular weight is 235 g/mol. The highest BCUT2D eigenvalue weighted by Gasteiger charge is 2.24. The first-order valence-corrected chi connectivity index (χ1v) is 6.79. The Bertz CT molecular complexity index is 215. The SMILES string of the molecule is CC(C)COCC[P+](=O)CC(C)C(=O)O. The zero-order valence-corrected chi connectivity index (χ0v) is 10.5. The smallest absolute Gasteiger partial charge is 0.342 e. The summed E-state index contributed by atoms with van der Waals surface area (Å²) in [6.45, 7) is 6.79. The molecule has 0 aromatic rings. The highest BCUT2D eigenvalue weighted by atomic mass is 31.1. The monoisotopic (exact) mass is 235 g/mol. The van der Waals surface area contributed by atoms with Gasteiger partial charge in [-0.2, -0.15) is 0 Å². The van der Waals surface area contributed by atoms with E-state index in [2.05, 4.69) is 0 Å². The van der Waals surface area contributed by atoms with Crippen molar-refractivity contribution in [3.63, 3.8) is 0 Å². The lowest BCUT2D eigenvalue weighted by Gasteiger charge is -2.03. The quantitative estimate of drug-likeness (QED) is 0.517. The largest absolute Gasteiger partial charge is 0.481 e. The average Bonchev–Trinajstić information content (AvgIpc) is 2.12. The van der Waals surface area contributed by atoms with E-state index in [-0.39, 0.29) is 6.16 Å². The van der Waals surface area contributed by atoms with Crippen molar-refractivity contribution in [1.82, 2.24) is 0 Å². The molecule has 0 rings (SSSR count). The fourth-order valence-electron chi connectivity index (χ4n) is 0.960. The Balaban J connectivity index is 3.54. The minimum absolute atomic E-state index is 0.246. The second kappa shape index (κ2) is 7.77. The lowest BCUT2D eigenvalue weighted by atomic mass is 10.2. The number of rotatable bonds is 8. The predicted molar refractivity (Wildman–Crippen MR) is 59.8 cm³/mol. The summed E-state index contributed by atoms with van der Waals surface area (Å²) in [5, 5.41) is 8.62. The molecule has 15 heavy (non-hydrogen) atoms. The Morgan fingerprint density at radius 2 is 2.00 bits per heavy atom. The van der Waals surface area contributed by atoms with Gasteiger partial charge >= 0.3 is 13.8 Å². The molecule has 0 aliphatic heterocycles. The van der Waals surface area contributed by atoms with E-state index >= 15 is 0 Å². The van der Waals surface area contributed by atoms with Crippen molar-refractivity contribution in [3.8, 4) is 0 Å². The van der Waals surface area contributed by atoms with Crippen molar-refractivity contribution >= 4 is 13.8 Å². The first-order chi connectivity index (χ1) is 6.93. The fourth-order valence-corrected chi connectivity index (χ4v) is 2.24. The summed E-state index contributed by atoms with van der Waals surface area (Å²) in [6, 6.07) is 0. The molecule has 0 aliphatic carbocycles. The summed E-state index contributed by atoms with van der Waals surface area (Å²) in [5.41, 5.74) is 0. The van der Waals surface area contributed by atoms with E-state index in [0.717, 1.165) is 0 Å². The molecular weight excluding hydrogens is 215 g/mol. The maximum Gasteiger partial charge on any atom is 0.342 e. The van der Waals surface area contributed by atoms with Gasteiger partial charge in [-0.15, -0.1) is 0 Å². The van der Waals surface area contributed by atoms with Gasteiger partial charge in [0.2, 0.25) is 0 Å². The van der Waals surface area contributed by atoms with E-state index in [0.29, 0.717) is 25.3 Å². The second-order valence-electron chi connectivity index (χ2n) is 4.10. The molecule has 0 saturated carbocycles. The van der Waals surface area contributed by atoms with Crippen molar-refractivity contribution in [1.29, 1.82) is 0 Å². The van der Waals surface area contributed by atoms with Crippen molar-refractivity contribution < 1.29 is 19.2 Å². The van der Waals surface area contributed by atoms with E-state index < -0.39 is 19.7 Å². The van der Waals surface area contributed by atoms with Crippen LogP contribution in [-0.2, 0) is 14.1 Å². The number of carboxylic acid groups (broad SMARTS) is 1. The number of ether oxygens (including phenoxy) is 1. The van der Waals surface area contributed by atoms with Gasteiger partial charge in [-0.3, -0.25) is 4.79 Å². The van der Waals surface area contributed by atoms with Crippen molar-refractivity contribution in [3.05, 3.63) is 0 Å². The Morgan fingerprint density at radius 1 is 1.40 bits per heavy atom. The van der Waals surface area contributed by atoms with Gasteiger partial charge in [0.25, 0.3) is 0 Å². The zero-order chi connectivity index (χ0) is 11.8. The summed E-state index contributed by atoms with van der Waals surface area (Å²) in [7, 11) is -1.44. The molecule has 5 heteroatoms. The van der Waals surface area contributed by atoms with Crippen LogP contribution >= 0.6 is 7.80 Å². The molecule has 2 atom stereocenters. The van der Waals surface area contributed by atoms with E-state index in [1.807, 2.05) is 13.8 Å². The molecule has 0 heterocycles. The van der Waals surface area contributed by atoms with Crippen LogP contribution in [0.15, 0.2) is 0 Å². The van der Waals surface area contributed by atoms with Crippen LogP contribution in [-0.4, -0.2) is 36.6 Å². The van der Waals surface area contributed by atoms with Crippen molar-refractivity contribution in [2.75, 3.05) is 25.5 Å². The van der Waals surface area contributed by atoms with Gasteiger partial charge in [-0.1, -0.05) is 18.4 Å². The molecule has 1 N–H and O–H groups in total. The van der Waals surface area contributed by atoms with Gasteiger partial charge in [0.15, 0.2) is 12.3 Å². The number of hydrogen-bond acceptors (Lipinski definition) is 3. The molecule has 0 amide bonds. The second-order valence-corrected chi connectivity index (χ2v) is 5.87. The summed E-state index contributed by atoms with van der Waals surface area (Å²) < 4.78 is 16.7. The Morgan fingerprint density at radius 3 is 2.47 bits per heavy atom. The van der Waals surface area contributed by atoms with E-state index in [1.165, 1.54) is 0 Å². The fraction of sp³-hybridized carbons (Fsp3) is 0.900. The van der Waals surface area contributed by atoms with Gasteiger partial charge in [-0.05, 0) is 12.8 Å². The molecule has 0 spiro atoms. The van der Waals surface area contributed by atoms with Crippen LogP contribution in [0.3, 0.4) is 0 Å². The minimum Gasteiger partial charge on any atom is -0.481 e. The molecule has 88 valence electrons. The normalized spacial score (nSPS) is 14.0. The Kier molecular flexibility index (Phi) is 7.53. The van der Waals surface area contributed by atoms with E-state index in [1.54, 1.807) is 6.92 Å². The third-order valence-electron chi connectivity index (χ3n) is 1.84. The molecule has 0 fully saturated rings. The summed E-state index contributed by atoms with van der Waals surface area (Å²) >= 11 is 0. The number of carboxylic acids is 1. The number of hydrogen-bond donors (Lipinski definition) is 1. The lowest BCUT2D eigenvalue weighted by Crippen LogP contribution is -2.13. The molecule has 0 aromatic heterocycles. The summed E-state index contributed by atoms with van der Waals surface area (Å²) in [6.07, 6.45) is 0.704. The highest BCUT2D eigenvalue weighted by Crippen LogP contribution is 2.23.